The summed E-state index contributed by atoms with van der Waals surface area (Å²) in [5, 5.41) is 12.3. The number of nitrogens with one attached hydrogen (secondary N) is 1. The summed E-state index contributed by atoms with van der Waals surface area (Å²) in [5.74, 6) is -1.91. The van der Waals surface area contributed by atoms with Crippen LogP contribution in [0.4, 0.5) is 0 Å². The summed E-state index contributed by atoms with van der Waals surface area (Å²) < 4.78 is 10.5. The Morgan fingerprint density at radius 1 is 1.07 bits per heavy atom. The summed E-state index contributed by atoms with van der Waals surface area (Å²) in [6.45, 7) is 3.92. The van der Waals surface area contributed by atoms with Gasteiger partial charge in [0.2, 0.25) is 0 Å². The molecule has 2 rings (SSSR count). The van der Waals surface area contributed by atoms with Gasteiger partial charge >= 0.3 is 11.9 Å². The molecule has 28 heavy (non-hydrogen) atoms. The molecule has 0 atom stereocenters. The van der Waals surface area contributed by atoms with Gasteiger partial charge in [-0.1, -0.05) is 12.1 Å². The molecule has 0 unspecified atom stereocenters. The van der Waals surface area contributed by atoms with E-state index in [1.54, 1.807) is 38.1 Å². The number of esters is 2. The third-order valence-corrected chi connectivity index (χ3v) is 4.25. The van der Waals surface area contributed by atoms with Crippen molar-refractivity contribution < 1.29 is 19.1 Å². The van der Waals surface area contributed by atoms with Crippen LogP contribution >= 0.6 is 0 Å². The van der Waals surface area contributed by atoms with Gasteiger partial charge in [0.25, 0.3) is 0 Å². The van der Waals surface area contributed by atoms with E-state index in [0.717, 1.165) is 0 Å². The Bertz CT molecular complexity index is 825. The van der Waals surface area contributed by atoms with Crippen LogP contribution in [0.25, 0.3) is 0 Å². The lowest BCUT2D eigenvalue weighted by atomic mass is 9.80. The smallest absolute Gasteiger partial charge is 0.336 e. The summed E-state index contributed by atoms with van der Waals surface area (Å²) >= 11 is 0. The van der Waals surface area contributed by atoms with Crippen LogP contribution in [-0.4, -0.2) is 38.2 Å². The summed E-state index contributed by atoms with van der Waals surface area (Å²) in [4.78, 5) is 25.5. The van der Waals surface area contributed by atoms with Crippen molar-refractivity contribution in [3.8, 4) is 6.07 Å². The van der Waals surface area contributed by atoms with E-state index >= 15 is 0 Å². The molecule has 0 spiro atoms. The van der Waals surface area contributed by atoms with E-state index in [1.807, 2.05) is 0 Å². The van der Waals surface area contributed by atoms with E-state index < -0.39 is 17.9 Å². The highest BCUT2D eigenvalue weighted by Gasteiger charge is 2.38. The van der Waals surface area contributed by atoms with Gasteiger partial charge in [0.15, 0.2) is 0 Å². The normalized spacial score (nSPS) is 14.4. The standard InChI is InChI=1S/C20H24N4O4/c1-12-16(19(25)27-8-6-21)18(15-5-3-4-14(10-15)11-23)17(13(2)24-12)20(26)28-9-7-22/h3-5,10,18,24H,6-9,21-22H2,1-2H3. The number of nitrogens with zero attached hydrogens (tertiary/aromatic N) is 1. The topological polar surface area (TPSA) is 140 Å². The lowest BCUT2D eigenvalue weighted by Gasteiger charge is -2.30. The molecule has 8 heteroatoms. The fraction of sp³-hybridized carbons (Fsp3) is 0.350. The number of hydrogen-bond donors (Lipinski definition) is 3. The maximum Gasteiger partial charge on any atom is 0.336 e. The average Bonchev–Trinajstić information content (AvgIpc) is 2.69. The predicted octanol–water partition coefficient (Wildman–Crippen LogP) is 0.797. The lowest BCUT2D eigenvalue weighted by molar-refractivity contribution is -0.139. The number of rotatable bonds is 7. The second kappa shape index (κ2) is 9.69. The summed E-state index contributed by atoms with van der Waals surface area (Å²) in [7, 11) is 0. The van der Waals surface area contributed by atoms with E-state index in [4.69, 9.17) is 20.9 Å². The number of nitrogens with two attached hydrogens (primary N) is 2. The van der Waals surface area contributed by atoms with E-state index in [1.165, 1.54) is 0 Å². The Labute approximate surface area is 163 Å². The van der Waals surface area contributed by atoms with Crippen LogP contribution in [0.15, 0.2) is 46.8 Å². The lowest BCUT2D eigenvalue weighted by Crippen LogP contribution is -2.33. The maximum absolute atomic E-state index is 12.8. The van der Waals surface area contributed by atoms with Gasteiger partial charge in [-0.15, -0.1) is 0 Å². The first kappa shape index (κ1) is 21.2. The molecule has 8 nitrogen and oxygen atoms in total. The van der Waals surface area contributed by atoms with Crippen molar-refractivity contribution in [1.82, 2.24) is 5.32 Å². The van der Waals surface area contributed by atoms with E-state index in [2.05, 4.69) is 11.4 Å². The first-order valence-corrected chi connectivity index (χ1v) is 8.87. The number of carbonyl (C=O) groups is 2. The van der Waals surface area contributed by atoms with Crippen LogP contribution in [0, 0.1) is 11.3 Å². The molecule has 1 aromatic rings. The van der Waals surface area contributed by atoms with Gasteiger partial charge in [0, 0.05) is 24.5 Å². The van der Waals surface area contributed by atoms with Crippen LogP contribution in [0.5, 0.6) is 0 Å². The molecule has 0 amide bonds. The Morgan fingerprint density at radius 2 is 1.61 bits per heavy atom. The highest BCUT2D eigenvalue weighted by molar-refractivity contribution is 5.99. The fourth-order valence-corrected chi connectivity index (χ4v) is 3.12. The highest BCUT2D eigenvalue weighted by Crippen LogP contribution is 2.39. The Balaban J connectivity index is 2.59. The maximum atomic E-state index is 12.8. The monoisotopic (exact) mass is 384 g/mol. The third kappa shape index (κ3) is 4.57. The molecular weight excluding hydrogens is 360 g/mol. The van der Waals surface area contributed by atoms with Gasteiger partial charge < -0.3 is 26.3 Å². The number of allylic oxidation sites excluding steroid dienone is 2. The Kier molecular flexibility index (Phi) is 7.32. The van der Waals surface area contributed by atoms with Crippen molar-refractivity contribution >= 4 is 11.9 Å². The van der Waals surface area contributed by atoms with Crippen molar-refractivity contribution in [2.45, 2.75) is 19.8 Å². The Morgan fingerprint density at radius 3 is 2.07 bits per heavy atom. The minimum absolute atomic E-state index is 0.0518. The molecule has 0 radical (unpaired) electrons. The molecule has 0 saturated carbocycles. The molecule has 5 N–H and O–H groups in total. The van der Waals surface area contributed by atoms with Crippen molar-refractivity contribution in [3.05, 3.63) is 57.9 Å². The summed E-state index contributed by atoms with van der Waals surface area (Å²) in [6.07, 6.45) is 0. The highest BCUT2D eigenvalue weighted by atomic mass is 16.5. The van der Waals surface area contributed by atoms with Crippen molar-refractivity contribution in [2.24, 2.45) is 11.5 Å². The molecule has 0 aromatic heterocycles. The Hall–Kier alpha value is -3.15. The average molecular weight is 384 g/mol. The van der Waals surface area contributed by atoms with Gasteiger partial charge in [0.1, 0.15) is 13.2 Å². The largest absolute Gasteiger partial charge is 0.461 e. The predicted molar refractivity (Wildman–Crippen MR) is 102 cm³/mol. The molecule has 0 fully saturated rings. The number of benzene rings is 1. The van der Waals surface area contributed by atoms with Gasteiger partial charge in [-0.05, 0) is 31.5 Å². The van der Waals surface area contributed by atoms with Crippen LogP contribution in [0.2, 0.25) is 0 Å². The molecule has 1 heterocycles. The van der Waals surface area contributed by atoms with Crippen LogP contribution < -0.4 is 16.8 Å². The molecular formula is C20H24N4O4. The zero-order valence-corrected chi connectivity index (χ0v) is 16.0. The van der Waals surface area contributed by atoms with Crippen molar-refractivity contribution in [1.29, 1.82) is 5.26 Å². The van der Waals surface area contributed by atoms with Gasteiger partial charge in [0.05, 0.1) is 28.7 Å². The van der Waals surface area contributed by atoms with E-state index in [-0.39, 0.29) is 37.4 Å². The van der Waals surface area contributed by atoms with Gasteiger partial charge in [-0.3, -0.25) is 0 Å². The number of carbonyl (C=O) groups excluding carboxylic acids is 2. The minimum atomic E-state index is -0.745. The van der Waals surface area contributed by atoms with Crippen LogP contribution in [0.1, 0.15) is 30.9 Å². The van der Waals surface area contributed by atoms with Crippen molar-refractivity contribution in [3.63, 3.8) is 0 Å². The SMILES string of the molecule is CC1=C(C(=O)OCCN)C(c2cccc(C#N)c2)C(C(=O)OCCN)=C(C)N1. The third-order valence-electron chi connectivity index (χ3n) is 4.25. The number of hydrogen-bond acceptors (Lipinski definition) is 8. The number of ether oxygens (including phenoxy) is 2. The first-order chi connectivity index (χ1) is 13.4. The summed E-state index contributed by atoms with van der Waals surface area (Å²) in [5.41, 5.74) is 13.6. The quantitative estimate of drug-likeness (QED) is 0.586. The molecule has 0 aliphatic carbocycles. The van der Waals surface area contributed by atoms with Gasteiger partial charge in [-0.25, -0.2) is 9.59 Å². The van der Waals surface area contributed by atoms with Gasteiger partial charge in [-0.2, -0.15) is 5.26 Å². The van der Waals surface area contributed by atoms with E-state index in [9.17, 15) is 14.9 Å². The van der Waals surface area contributed by atoms with Crippen molar-refractivity contribution in [2.75, 3.05) is 26.3 Å². The first-order valence-electron chi connectivity index (χ1n) is 8.87. The minimum Gasteiger partial charge on any atom is -0.461 e. The second-order valence-corrected chi connectivity index (χ2v) is 6.22. The fourth-order valence-electron chi connectivity index (χ4n) is 3.12. The van der Waals surface area contributed by atoms with Crippen LogP contribution in [-0.2, 0) is 19.1 Å². The molecule has 1 aromatic carbocycles. The molecule has 0 bridgehead atoms. The molecule has 1 aliphatic rings. The number of nitriles is 1. The van der Waals surface area contributed by atoms with E-state index in [0.29, 0.717) is 22.5 Å². The molecule has 148 valence electrons. The second-order valence-electron chi connectivity index (χ2n) is 6.22. The molecule has 1 aliphatic heterocycles. The zero-order valence-electron chi connectivity index (χ0n) is 16.0. The zero-order chi connectivity index (χ0) is 20.7. The number of dihydropyridines is 1. The van der Waals surface area contributed by atoms with Crippen LogP contribution in [0.3, 0.4) is 0 Å². The summed E-state index contributed by atoms with van der Waals surface area (Å²) in [6, 6.07) is 8.82. The molecule has 0 saturated heterocycles.